The average molecular weight is 411 g/mol. The Morgan fingerprint density at radius 2 is 1.77 bits per heavy atom. The fraction of sp³-hybridized carbons (Fsp3) is 0.450. The summed E-state index contributed by atoms with van der Waals surface area (Å²) in [6.45, 7) is 2.87. The van der Waals surface area contributed by atoms with E-state index in [0.29, 0.717) is 6.04 Å². The van der Waals surface area contributed by atoms with Crippen molar-refractivity contribution in [1.82, 2.24) is 10.2 Å². The first kappa shape index (κ1) is 19.7. The number of hydrogen-bond donors (Lipinski definition) is 1. The Bertz CT molecular complexity index is 735. The summed E-state index contributed by atoms with van der Waals surface area (Å²) in [5.74, 6) is 1.09. The highest BCUT2D eigenvalue weighted by atomic mass is 35.5. The molecule has 1 N–H and O–H groups in total. The molecule has 1 aliphatic carbocycles. The van der Waals surface area contributed by atoms with Crippen molar-refractivity contribution >= 4 is 41.3 Å². The number of hydrogen-bond acceptors (Lipinski definition) is 3. The molecule has 1 aliphatic heterocycles. The number of thiophene rings is 1. The number of nitrogens with zero attached hydrogens (tertiary/aromatic N) is 1. The zero-order valence-electron chi connectivity index (χ0n) is 14.6. The molecule has 0 radical (unpaired) electrons. The smallest absolute Gasteiger partial charge is 0.263 e. The minimum Gasteiger partial charge on any atom is -0.338 e. The van der Waals surface area contributed by atoms with Crippen molar-refractivity contribution in [1.29, 1.82) is 0 Å². The Morgan fingerprint density at radius 1 is 1.08 bits per heavy atom. The van der Waals surface area contributed by atoms with Crippen molar-refractivity contribution in [2.75, 3.05) is 19.6 Å². The van der Waals surface area contributed by atoms with E-state index in [2.05, 4.69) is 5.32 Å². The molecule has 3 nitrogen and oxygen atoms in total. The molecule has 1 amide bonds. The molecule has 2 aromatic rings. The lowest BCUT2D eigenvalue weighted by molar-refractivity contribution is 0.0710. The minimum atomic E-state index is 0. The summed E-state index contributed by atoms with van der Waals surface area (Å²) < 4.78 is 0. The lowest BCUT2D eigenvalue weighted by atomic mass is 10.0. The van der Waals surface area contributed by atoms with Gasteiger partial charge in [-0.1, -0.05) is 23.7 Å². The van der Waals surface area contributed by atoms with Crippen molar-refractivity contribution in [2.24, 2.45) is 5.92 Å². The molecule has 2 heterocycles. The SMILES string of the molecule is Cl.O=C(c1ccc(-c2ccc(Cl)cc2)s1)N1CCC(NCC2CC2)CC1. The van der Waals surface area contributed by atoms with Crippen LogP contribution < -0.4 is 5.32 Å². The molecule has 0 bridgehead atoms. The van der Waals surface area contributed by atoms with Gasteiger partial charge >= 0.3 is 0 Å². The number of halogens is 2. The van der Waals surface area contributed by atoms with Gasteiger partial charge in [-0.2, -0.15) is 0 Å². The van der Waals surface area contributed by atoms with Gasteiger partial charge in [0.25, 0.3) is 5.91 Å². The molecular formula is C20H24Cl2N2OS. The predicted octanol–water partition coefficient (Wildman–Crippen LogP) is 5.09. The number of amides is 1. The molecule has 26 heavy (non-hydrogen) atoms. The topological polar surface area (TPSA) is 32.3 Å². The summed E-state index contributed by atoms with van der Waals surface area (Å²) in [7, 11) is 0. The van der Waals surface area contributed by atoms with E-state index in [1.165, 1.54) is 12.8 Å². The van der Waals surface area contributed by atoms with Crippen LogP contribution in [0.4, 0.5) is 0 Å². The molecule has 140 valence electrons. The quantitative estimate of drug-likeness (QED) is 0.743. The Labute approximate surface area is 170 Å². The van der Waals surface area contributed by atoms with Crippen LogP contribution in [0.25, 0.3) is 10.4 Å². The summed E-state index contributed by atoms with van der Waals surface area (Å²) in [6.07, 6.45) is 4.90. The van der Waals surface area contributed by atoms with Gasteiger partial charge in [-0.15, -0.1) is 23.7 Å². The summed E-state index contributed by atoms with van der Waals surface area (Å²) >= 11 is 7.52. The molecule has 4 rings (SSSR count). The average Bonchev–Trinajstić information content (AvgIpc) is 3.35. The second-order valence-electron chi connectivity index (χ2n) is 7.09. The van der Waals surface area contributed by atoms with Crippen LogP contribution in [0.2, 0.25) is 5.02 Å². The monoisotopic (exact) mass is 410 g/mol. The van der Waals surface area contributed by atoms with Crippen LogP contribution in [0, 0.1) is 5.92 Å². The second kappa shape index (κ2) is 8.75. The highest BCUT2D eigenvalue weighted by Gasteiger charge is 2.26. The predicted molar refractivity (Wildman–Crippen MR) is 112 cm³/mol. The van der Waals surface area contributed by atoms with E-state index in [1.807, 2.05) is 41.3 Å². The lowest BCUT2D eigenvalue weighted by Gasteiger charge is -2.32. The van der Waals surface area contributed by atoms with Crippen molar-refractivity contribution in [3.63, 3.8) is 0 Å². The van der Waals surface area contributed by atoms with Gasteiger partial charge in [-0.25, -0.2) is 0 Å². The number of likely N-dealkylation sites (tertiary alicyclic amines) is 1. The van der Waals surface area contributed by atoms with Crippen molar-refractivity contribution in [3.8, 4) is 10.4 Å². The van der Waals surface area contributed by atoms with E-state index in [1.54, 1.807) is 11.3 Å². The molecule has 0 spiro atoms. The third kappa shape index (κ3) is 4.80. The number of nitrogens with one attached hydrogen (secondary N) is 1. The van der Waals surface area contributed by atoms with Crippen LogP contribution in [0.5, 0.6) is 0 Å². The van der Waals surface area contributed by atoms with Crippen LogP contribution in [0.3, 0.4) is 0 Å². The Balaban J connectivity index is 0.00000196. The number of carbonyl (C=O) groups excluding carboxylic acids is 1. The largest absolute Gasteiger partial charge is 0.338 e. The van der Waals surface area contributed by atoms with E-state index in [0.717, 1.165) is 58.7 Å². The molecule has 1 aromatic heterocycles. The number of carbonyl (C=O) groups is 1. The van der Waals surface area contributed by atoms with Gasteiger partial charge in [0.15, 0.2) is 0 Å². The molecule has 1 aromatic carbocycles. The first-order valence-corrected chi connectivity index (χ1v) is 10.3. The van der Waals surface area contributed by atoms with Gasteiger partial charge in [-0.05, 0) is 68.0 Å². The van der Waals surface area contributed by atoms with Crippen LogP contribution >= 0.6 is 35.3 Å². The van der Waals surface area contributed by atoms with E-state index in [-0.39, 0.29) is 18.3 Å². The van der Waals surface area contributed by atoms with Gasteiger partial charge in [0.05, 0.1) is 4.88 Å². The van der Waals surface area contributed by atoms with Crippen LogP contribution in [0.1, 0.15) is 35.4 Å². The van der Waals surface area contributed by atoms with Crippen molar-refractivity contribution in [2.45, 2.75) is 31.7 Å². The second-order valence-corrected chi connectivity index (χ2v) is 8.61. The molecular weight excluding hydrogens is 387 g/mol. The molecule has 0 atom stereocenters. The maximum Gasteiger partial charge on any atom is 0.263 e. The van der Waals surface area contributed by atoms with E-state index >= 15 is 0 Å². The third-order valence-electron chi connectivity index (χ3n) is 5.12. The van der Waals surface area contributed by atoms with Crippen LogP contribution in [0.15, 0.2) is 36.4 Å². The van der Waals surface area contributed by atoms with Gasteiger partial charge in [0.2, 0.25) is 0 Å². The maximum absolute atomic E-state index is 12.8. The molecule has 2 fully saturated rings. The van der Waals surface area contributed by atoms with Gasteiger partial charge in [0, 0.05) is 29.0 Å². The minimum absolute atomic E-state index is 0. The Kier molecular flexibility index (Phi) is 6.62. The summed E-state index contributed by atoms with van der Waals surface area (Å²) in [5.41, 5.74) is 1.11. The molecule has 6 heteroatoms. The van der Waals surface area contributed by atoms with Crippen LogP contribution in [-0.4, -0.2) is 36.5 Å². The van der Waals surface area contributed by atoms with E-state index in [4.69, 9.17) is 11.6 Å². The standard InChI is InChI=1S/C20H23ClN2OS.ClH/c21-16-5-3-15(4-6-16)18-7-8-19(25-18)20(24)23-11-9-17(10-12-23)22-13-14-1-2-14;/h3-8,14,17,22H,1-2,9-13H2;1H. The normalized spacial score (nSPS) is 17.8. The fourth-order valence-electron chi connectivity index (χ4n) is 3.32. The summed E-state index contributed by atoms with van der Waals surface area (Å²) in [5, 5.41) is 4.40. The molecule has 2 aliphatic rings. The number of benzene rings is 1. The zero-order chi connectivity index (χ0) is 17.2. The third-order valence-corrected chi connectivity index (χ3v) is 6.49. The summed E-state index contributed by atoms with van der Waals surface area (Å²) in [6, 6.07) is 12.3. The first-order chi connectivity index (χ1) is 12.2. The first-order valence-electron chi connectivity index (χ1n) is 9.07. The number of rotatable bonds is 5. The Hall–Kier alpha value is -1.07. The van der Waals surface area contributed by atoms with Gasteiger partial charge in [0.1, 0.15) is 0 Å². The van der Waals surface area contributed by atoms with E-state index < -0.39 is 0 Å². The zero-order valence-corrected chi connectivity index (χ0v) is 17.0. The maximum atomic E-state index is 12.8. The molecule has 1 saturated heterocycles. The highest BCUT2D eigenvalue weighted by molar-refractivity contribution is 7.17. The van der Waals surface area contributed by atoms with E-state index in [9.17, 15) is 4.79 Å². The van der Waals surface area contributed by atoms with Gasteiger partial charge in [-0.3, -0.25) is 4.79 Å². The lowest BCUT2D eigenvalue weighted by Crippen LogP contribution is -2.45. The Morgan fingerprint density at radius 3 is 2.42 bits per heavy atom. The van der Waals surface area contributed by atoms with Gasteiger partial charge < -0.3 is 10.2 Å². The number of piperidine rings is 1. The highest BCUT2D eigenvalue weighted by Crippen LogP contribution is 2.31. The molecule has 1 saturated carbocycles. The summed E-state index contributed by atoms with van der Waals surface area (Å²) in [4.78, 5) is 16.7. The van der Waals surface area contributed by atoms with Crippen LogP contribution in [-0.2, 0) is 0 Å². The van der Waals surface area contributed by atoms with Crippen molar-refractivity contribution < 1.29 is 4.79 Å². The fourth-order valence-corrected chi connectivity index (χ4v) is 4.43. The van der Waals surface area contributed by atoms with Crippen molar-refractivity contribution in [3.05, 3.63) is 46.3 Å². The molecule has 0 unspecified atom stereocenters.